The quantitative estimate of drug-likeness (QED) is 0.741. The topological polar surface area (TPSA) is 75.7 Å². The Morgan fingerprint density at radius 1 is 1.47 bits per heavy atom. The normalized spacial score (nSPS) is 20.6. The van der Waals surface area contributed by atoms with Crippen molar-refractivity contribution in [2.45, 2.75) is 6.42 Å². The number of hydrogen-bond acceptors (Lipinski definition) is 5. The molecule has 2 fully saturated rings. The molecule has 0 aliphatic carbocycles. The summed E-state index contributed by atoms with van der Waals surface area (Å²) in [6, 6.07) is 0. The molecule has 0 spiro atoms. The van der Waals surface area contributed by atoms with E-state index in [-0.39, 0.29) is 29.4 Å². The maximum absolute atomic E-state index is 11.4. The molecular weight excluding hydrogens is 244 g/mol. The van der Waals surface area contributed by atoms with Gasteiger partial charge in [-0.25, -0.2) is 0 Å². The molecule has 1 N–H and O–H groups in total. The number of amides is 3. The lowest BCUT2D eigenvalue weighted by molar-refractivity contribution is -0.128. The summed E-state index contributed by atoms with van der Waals surface area (Å²) in [5, 5.41) is 2.47. The molecule has 7 heteroatoms. The van der Waals surface area contributed by atoms with E-state index < -0.39 is 0 Å². The highest BCUT2D eigenvalue weighted by Crippen LogP contribution is 2.17. The van der Waals surface area contributed by atoms with Crippen molar-refractivity contribution in [3.8, 4) is 0 Å². The van der Waals surface area contributed by atoms with Gasteiger partial charge in [-0.2, -0.15) is 0 Å². The Labute approximate surface area is 103 Å². The molecule has 2 saturated heterocycles. The summed E-state index contributed by atoms with van der Waals surface area (Å²) in [4.78, 5) is 35.1. The number of thioether (sulfide) groups is 1. The molecule has 17 heavy (non-hydrogen) atoms. The van der Waals surface area contributed by atoms with E-state index in [1.54, 1.807) is 0 Å². The van der Waals surface area contributed by atoms with Crippen LogP contribution >= 0.6 is 11.8 Å². The third-order valence-corrected chi connectivity index (χ3v) is 3.54. The summed E-state index contributed by atoms with van der Waals surface area (Å²) in [5.41, 5.74) is 0. The van der Waals surface area contributed by atoms with E-state index in [0.717, 1.165) is 11.8 Å². The first-order chi connectivity index (χ1) is 8.16. The van der Waals surface area contributed by atoms with Crippen LogP contribution < -0.4 is 5.32 Å². The summed E-state index contributed by atoms with van der Waals surface area (Å²) in [6.45, 7) is 1.88. The second-order valence-corrected chi connectivity index (χ2v) is 4.98. The molecule has 2 heterocycles. The van der Waals surface area contributed by atoms with Gasteiger partial charge in [0.2, 0.25) is 11.8 Å². The van der Waals surface area contributed by atoms with Crippen molar-refractivity contribution in [2.24, 2.45) is 5.92 Å². The number of carbonyl (C=O) groups is 3. The summed E-state index contributed by atoms with van der Waals surface area (Å²) < 4.78 is 4.97. The van der Waals surface area contributed by atoms with E-state index in [2.05, 4.69) is 5.32 Å². The van der Waals surface area contributed by atoms with Gasteiger partial charge >= 0.3 is 0 Å². The van der Waals surface area contributed by atoms with Crippen LogP contribution in [0, 0.1) is 5.92 Å². The average Bonchev–Trinajstić information content (AvgIpc) is 2.55. The first kappa shape index (κ1) is 12.4. The molecule has 0 saturated carbocycles. The highest BCUT2D eigenvalue weighted by molar-refractivity contribution is 8.14. The molecule has 2 rings (SSSR count). The second kappa shape index (κ2) is 5.50. The lowest BCUT2D eigenvalue weighted by atomic mass is 10.0. The molecule has 0 radical (unpaired) electrons. The predicted molar refractivity (Wildman–Crippen MR) is 61.5 cm³/mol. The number of carbonyl (C=O) groups excluding carboxylic acids is 3. The van der Waals surface area contributed by atoms with Crippen LogP contribution in [0.15, 0.2) is 0 Å². The molecule has 94 valence electrons. The SMILES string of the molecule is O=C(CC1COC1)NCCN1C(=O)CSC1=O. The van der Waals surface area contributed by atoms with Gasteiger partial charge in [-0.3, -0.25) is 19.3 Å². The van der Waals surface area contributed by atoms with Gasteiger partial charge in [0.15, 0.2) is 0 Å². The van der Waals surface area contributed by atoms with E-state index in [1.807, 2.05) is 0 Å². The minimum atomic E-state index is -0.225. The highest BCUT2D eigenvalue weighted by atomic mass is 32.2. The number of nitrogens with one attached hydrogen (secondary N) is 1. The smallest absolute Gasteiger partial charge is 0.288 e. The molecule has 0 aromatic carbocycles. The van der Waals surface area contributed by atoms with Gasteiger partial charge in [0.1, 0.15) is 0 Å². The third kappa shape index (κ3) is 3.19. The average molecular weight is 258 g/mol. The van der Waals surface area contributed by atoms with Crippen molar-refractivity contribution in [1.29, 1.82) is 0 Å². The van der Waals surface area contributed by atoms with Crippen molar-refractivity contribution in [3.63, 3.8) is 0 Å². The lowest BCUT2D eigenvalue weighted by Gasteiger charge is -2.25. The molecule has 0 atom stereocenters. The molecule has 0 unspecified atom stereocenters. The van der Waals surface area contributed by atoms with Crippen molar-refractivity contribution in [2.75, 3.05) is 32.1 Å². The van der Waals surface area contributed by atoms with Gasteiger partial charge in [0.05, 0.1) is 19.0 Å². The zero-order valence-corrected chi connectivity index (χ0v) is 10.1. The fourth-order valence-corrected chi connectivity index (χ4v) is 2.39. The largest absolute Gasteiger partial charge is 0.381 e. The van der Waals surface area contributed by atoms with Gasteiger partial charge in [-0.1, -0.05) is 11.8 Å². The summed E-state index contributed by atoms with van der Waals surface area (Å²) >= 11 is 1.00. The Balaban J connectivity index is 1.63. The Morgan fingerprint density at radius 2 is 2.24 bits per heavy atom. The summed E-state index contributed by atoms with van der Waals surface area (Å²) in [5.74, 6) is 0.305. The second-order valence-electron chi connectivity index (χ2n) is 4.06. The van der Waals surface area contributed by atoms with Gasteiger partial charge in [0, 0.05) is 25.4 Å². The van der Waals surface area contributed by atoms with Gasteiger partial charge < -0.3 is 10.1 Å². The third-order valence-electron chi connectivity index (χ3n) is 2.68. The lowest BCUT2D eigenvalue weighted by Crippen LogP contribution is -2.39. The van der Waals surface area contributed by atoms with E-state index in [9.17, 15) is 14.4 Å². The maximum Gasteiger partial charge on any atom is 0.288 e. The fourth-order valence-electron chi connectivity index (χ4n) is 1.64. The summed E-state index contributed by atoms with van der Waals surface area (Å²) in [6.07, 6.45) is 0.455. The van der Waals surface area contributed by atoms with Crippen LogP contribution in [0.3, 0.4) is 0 Å². The molecular formula is C10H14N2O4S. The van der Waals surface area contributed by atoms with Crippen molar-refractivity contribution >= 4 is 28.8 Å². The van der Waals surface area contributed by atoms with Crippen molar-refractivity contribution < 1.29 is 19.1 Å². The van der Waals surface area contributed by atoms with Crippen LogP contribution in [0.2, 0.25) is 0 Å². The van der Waals surface area contributed by atoms with Crippen LogP contribution in [-0.4, -0.2) is 54.0 Å². The van der Waals surface area contributed by atoms with Crippen molar-refractivity contribution in [3.05, 3.63) is 0 Å². The van der Waals surface area contributed by atoms with E-state index >= 15 is 0 Å². The fraction of sp³-hybridized carbons (Fsp3) is 0.700. The first-order valence-electron chi connectivity index (χ1n) is 5.48. The standard InChI is InChI=1S/C10H14N2O4S/c13-8(3-7-4-16-5-7)11-1-2-12-9(14)6-17-10(12)15/h7H,1-6H2,(H,11,13). The van der Waals surface area contributed by atoms with Crippen LogP contribution in [-0.2, 0) is 14.3 Å². The van der Waals surface area contributed by atoms with E-state index in [4.69, 9.17) is 4.74 Å². The highest BCUT2D eigenvalue weighted by Gasteiger charge is 2.29. The van der Waals surface area contributed by atoms with Crippen LogP contribution in [0.1, 0.15) is 6.42 Å². The minimum absolute atomic E-state index is 0.0509. The van der Waals surface area contributed by atoms with Crippen LogP contribution in [0.25, 0.3) is 0 Å². The van der Waals surface area contributed by atoms with Gasteiger partial charge in [-0.05, 0) is 0 Å². The molecule has 6 nitrogen and oxygen atoms in total. The number of ether oxygens (including phenoxy) is 1. The Hall–Kier alpha value is -1.08. The van der Waals surface area contributed by atoms with Gasteiger partial charge in [0.25, 0.3) is 5.24 Å². The number of imide groups is 1. The first-order valence-corrected chi connectivity index (χ1v) is 6.47. The van der Waals surface area contributed by atoms with Crippen molar-refractivity contribution in [1.82, 2.24) is 10.2 Å². The van der Waals surface area contributed by atoms with Crippen LogP contribution in [0.4, 0.5) is 4.79 Å². The number of nitrogens with zero attached hydrogens (tertiary/aromatic N) is 1. The van der Waals surface area contributed by atoms with E-state index in [1.165, 1.54) is 4.90 Å². The number of rotatable bonds is 5. The molecule has 3 amide bonds. The zero-order chi connectivity index (χ0) is 12.3. The molecule has 0 bridgehead atoms. The Morgan fingerprint density at radius 3 is 2.76 bits per heavy atom. The monoisotopic (exact) mass is 258 g/mol. The minimum Gasteiger partial charge on any atom is -0.381 e. The zero-order valence-electron chi connectivity index (χ0n) is 9.31. The number of hydrogen-bond donors (Lipinski definition) is 1. The summed E-state index contributed by atoms with van der Waals surface area (Å²) in [7, 11) is 0. The predicted octanol–water partition coefficient (Wildman–Crippen LogP) is -0.165. The maximum atomic E-state index is 11.4. The molecule has 2 aliphatic heterocycles. The Bertz CT molecular complexity index is 327. The van der Waals surface area contributed by atoms with E-state index in [0.29, 0.717) is 32.1 Å². The molecule has 0 aromatic heterocycles. The Kier molecular flexibility index (Phi) is 4.01. The molecule has 0 aromatic rings. The van der Waals surface area contributed by atoms with Crippen LogP contribution in [0.5, 0.6) is 0 Å². The molecule has 2 aliphatic rings. The van der Waals surface area contributed by atoms with Gasteiger partial charge in [-0.15, -0.1) is 0 Å².